The van der Waals surface area contributed by atoms with Gasteiger partial charge in [0.15, 0.2) is 0 Å². The summed E-state index contributed by atoms with van der Waals surface area (Å²) < 4.78 is 24.9. The van der Waals surface area contributed by atoms with Crippen molar-refractivity contribution in [3.05, 3.63) is 28.0 Å². The molecule has 1 aromatic rings. The van der Waals surface area contributed by atoms with Gasteiger partial charge in [-0.2, -0.15) is 0 Å². The van der Waals surface area contributed by atoms with Crippen LogP contribution in [-0.4, -0.2) is 18.0 Å². The lowest BCUT2D eigenvalue weighted by atomic mass is 10.0. The fourth-order valence-electron chi connectivity index (χ4n) is 1.06. The molecule has 1 aromatic heterocycles. The van der Waals surface area contributed by atoms with E-state index in [0.717, 1.165) is 0 Å². The van der Waals surface area contributed by atoms with Crippen molar-refractivity contribution < 1.29 is 8.78 Å². The number of nitrogens with zero attached hydrogens (tertiary/aromatic N) is 1. The second-order valence-electron chi connectivity index (χ2n) is 2.71. The maximum Gasteiger partial charge on any atom is 0.246 e. The van der Waals surface area contributed by atoms with E-state index in [1.165, 1.54) is 12.3 Å². The van der Waals surface area contributed by atoms with Gasteiger partial charge in [-0.25, -0.2) is 13.8 Å². The molecule has 0 fully saturated rings. The first-order chi connectivity index (χ1) is 6.56. The highest BCUT2D eigenvalue weighted by molar-refractivity contribution is 6.34. The third kappa shape index (κ3) is 2.53. The van der Waals surface area contributed by atoms with Crippen LogP contribution < -0.4 is 5.73 Å². The lowest BCUT2D eigenvalue weighted by Crippen LogP contribution is -2.20. The lowest BCUT2D eigenvalue weighted by Gasteiger charge is -2.14. The first-order valence-corrected chi connectivity index (χ1v) is 4.61. The predicted octanol–water partition coefficient (Wildman–Crippen LogP) is 2.70. The van der Waals surface area contributed by atoms with Crippen LogP contribution in [-0.2, 0) is 0 Å². The van der Waals surface area contributed by atoms with E-state index < -0.39 is 12.3 Å². The Bertz CT molecular complexity index is 320. The molecule has 0 radical (unpaired) electrons. The van der Waals surface area contributed by atoms with Crippen LogP contribution >= 0.6 is 23.2 Å². The third-order valence-electron chi connectivity index (χ3n) is 1.81. The summed E-state index contributed by atoms with van der Waals surface area (Å²) in [6.45, 7) is -0.180. The average Bonchev–Trinajstić information content (AvgIpc) is 2.09. The zero-order valence-electron chi connectivity index (χ0n) is 7.05. The third-order valence-corrected chi connectivity index (χ3v) is 2.34. The van der Waals surface area contributed by atoms with Gasteiger partial charge in [-0.15, -0.1) is 0 Å². The SMILES string of the molecule is NCC(c1cnc(Cl)cc1Cl)C(F)F. The second kappa shape index (κ2) is 4.87. The summed E-state index contributed by atoms with van der Waals surface area (Å²) in [6, 6.07) is 1.32. The van der Waals surface area contributed by atoms with E-state index in [9.17, 15) is 8.78 Å². The van der Waals surface area contributed by atoms with Crippen molar-refractivity contribution in [1.29, 1.82) is 0 Å². The number of hydrogen-bond donors (Lipinski definition) is 1. The fourth-order valence-corrected chi connectivity index (χ4v) is 1.56. The molecule has 2 nitrogen and oxygen atoms in total. The van der Waals surface area contributed by atoms with E-state index in [4.69, 9.17) is 28.9 Å². The summed E-state index contributed by atoms with van der Waals surface area (Å²) >= 11 is 11.3. The van der Waals surface area contributed by atoms with Crippen LogP contribution in [0, 0.1) is 0 Å². The zero-order valence-corrected chi connectivity index (χ0v) is 8.56. The highest BCUT2D eigenvalue weighted by Crippen LogP contribution is 2.29. The molecule has 1 rings (SSSR count). The number of halogens is 4. The summed E-state index contributed by atoms with van der Waals surface area (Å²) in [5.74, 6) is -1.09. The summed E-state index contributed by atoms with van der Waals surface area (Å²) in [5.41, 5.74) is 5.44. The van der Waals surface area contributed by atoms with E-state index in [2.05, 4.69) is 4.98 Å². The summed E-state index contributed by atoms with van der Waals surface area (Å²) in [5, 5.41) is 0.338. The highest BCUT2D eigenvalue weighted by Gasteiger charge is 2.23. The molecule has 6 heteroatoms. The van der Waals surface area contributed by atoms with Gasteiger partial charge in [-0.3, -0.25) is 0 Å². The highest BCUT2D eigenvalue weighted by atomic mass is 35.5. The minimum absolute atomic E-state index is 0.167. The van der Waals surface area contributed by atoms with Crippen LogP contribution in [0.25, 0.3) is 0 Å². The first-order valence-electron chi connectivity index (χ1n) is 3.85. The van der Waals surface area contributed by atoms with Crippen molar-refractivity contribution in [3.8, 4) is 0 Å². The fraction of sp³-hybridized carbons (Fsp3) is 0.375. The van der Waals surface area contributed by atoms with Gasteiger partial charge in [0.25, 0.3) is 0 Å². The Labute approximate surface area is 90.0 Å². The number of pyridine rings is 1. The summed E-state index contributed by atoms with van der Waals surface area (Å²) in [6.07, 6.45) is -1.32. The predicted molar refractivity (Wildman–Crippen MR) is 52.1 cm³/mol. The van der Waals surface area contributed by atoms with E-state index in [-0.39, 0.29) is 22.3 Å². The molecule has 0 aromatic carbocycles. The van der Waals surface area contributed by atoms with Crippen molar-refractivity contribution in [2.24, 2.45) is 5.73 Å². The Balaban J connectivity index is 3.04. The van der Waals surface area contributed by atoms with Crippen molar-refractivity contribution in [2.45, 2.75) is 12.3 Å². The molecule has 0 amide bonds. The van der Waals surface area contributed by atoms with Crippen LogP contribution in [0.2, 0.25) is 10.2 Å². The molecule has 0 bridgehead atoms. The van der Waals surface area contributed by atoms with Crippen LogP contribution in [0.5, 0.6) is 0 Å². The number of hydrogen-bond acceptors (Lipinski definition) is 2. The Morgan fingerprint density at radius 1 is 1.43 bits per heavy atom. The molecule has 0 aliphatic carbocycles. The Morgan fingerprint density at radius 2 is 2.07 bits per heavy atom. The molecule has 1 heterocycles. The normalized spacial score (nSPS) is 13.3. The second-order valence-corrected chi connectivity index (χ2v) is 3.50. The van der Waals surface area contributed by atoms with Gasteiger partial charge in [0.05, 0.1) is 5.92 Å². The van der Waals surface area contributed by atoms with E-state index in [1.54, 1.807) is 0 Å². The van der Waals surface area contributed by atoms with E-state index in [1.807, 2.05) is 0 Å². The quantitative estimate of drug-likeness (QED) is 0.826. The number of nitrogens with two attached hydrogens (primary N) is 1. The van der Waals surface area contributed by atoms with Gasteiger partial charge in [0.1, 0.15) is 5.15 Å². The van der Waals surface area contributed by atoms with Gasteiger partial charge in [-0.1, -0.05) is 23.2 Å². The lowest BCUT2D eigenvalue weighted by molar-refractivity contribution is 0.117. The van der Waals surface area contributed by atoms with Crippen molar-refractivity contribution in [1.82, 2.24) is 4.98 Å². The molecule has 1 atom stereocenters. The monoisotopic (exact) mass is 240 g/mol. The van der Waals surface area contributed by atoms with Crippen LogP contribution in [0.1, 0.15) is 11.5 Å². The standard InChI is InChI=1S/C8H8Cl2F2N2/c9-6-1-7(10)14-3-5(6)4(2-13)8(11)12/h1,3-4,8H,2,13H2. The van der Waals surface area contributed by atoms with E-state index >= 15 is 0 Å². The molecule has 0 saturated heterocycles. The topological polar surface area (TPSA) is 38.9 Å². The molecule has 0 aliphatic heterocycles. The smallest absolute Gasteiger partial charge is 0.246 e. The van der Waals surface area contributed by atoms with Gasteiger partial charge >= 0.3 is 0 Å². The van der Waals surface area contributed by atoms with Gasteiger partial charge in [0, 0.05) is 17.8 Å². The first kappa shape index (κ1) is 11.6. The van der Waals surface area contributed by atoms with Crippen molar-refractivity contribution in [3.63, 3.8) is 0 Å². The largest absolute Gasteiger partial charge is 0.330 e. The summed E-state index contributed by atoms with van der Waals surface area (Å²) in [4.78, 5) is 3.68. The molecular formula is C8H8Cl2F2N2. The summed E-state index contributed by atoms with van der Waals surface area (Å²) in [7, 11) is 0. The molecular weight excluding hydrogens is 233 g/mol. The molecule has 1 unspecified atom stereocenters. The van der Waals surface area contributed by atoms with Gasteiger partial charge in [0.2, 0.25) is 6.43 Å². The maximum absolute atomic E-state index is 12.5. The van der Waals surface area contributed by atoms with Crippen molar-refractivity contribution >= 4 is 23.2 Å². The van der Waals surface area contributed by atoms with Crippen LogP contribution in [0.4, 0.5) is 8.78 Å². The van der Waals surface area contributed by atoms with Crippen molar-refractivity contribution in [2.75, 3.05) is 6.54 Å². The molecule has 0 saturated carbocycles. The molecule has 78 valence electrons. The van der Waals surface area contributed by atoms with Gasteiger partial charge in [-0.05, 0) is 11.6 Å². The minimum Gasteiger partial charge on any atom is -0.330 e. The molecule has 2 N–H and O–H groups in total. The minimum atomic E-state index is -2.56. The average molecular weight is 241 g/mol. The Kier molecular flexibility index (Phi) is 4.04. The van der Waals surface area contributed by atoms with Crippen LogP contribution in [0.3, 0.4) is 0 Å². The molecule has 0 spiro atoms. The number of rotatable bonds is 3. The van der Waals surface area contributed by atoms with E-state index in [0.29, 0.717) is 0 Å². The maximum atomic E-state index is 12.5. The molecule has 14 heavy (non-hydrogen) atoms. The number of aromatic nitrogens is 1. The van der Waals surface area contributed by atoms with Gasteiger partial charge < -0.3 is 5.73 Å². The Morgan fingerprint density at radius 3 is 2.50 bits per heavy atom. The zero-order chi connectivity index (χ0) is 10.7. The van der Waals surface area contributed by atoms with Crippen LogP contribution in [0.15, 0.2) is 12.3 Å². The number of alkyl halides is 2. The Hall–Kier alpha value is -0.450. The molecule has 0 aliphatic rings.